The number of rotatable bonds is 1. The van der Waals surface area contributed by atoms with E-state index in [0.29, 0.717) is 5.75 Å². The minimum absolute atomic E-state index is 0.250. The Labute approximate surface area is 86.2 Å². The summed E-state index contributed by atoms with van der Waals surface area (Å²) in [5.74, 6) is 0.410. The first-order valence-corrected chi connectivity index (χ1v) is 4.96. The molecule has 14 heavy (non-hydrogen) atoms. The molecule has 0 aliphatic carbocycles. The van der Waals surface area contributed by atoms with Gasteiger partial charge in [-0.25, -0.2) is 0 Å². The lowest BCUT2D eigenvalue weighted by molar-refractivity contribution is 0.318. The second-order valence-electron chi connectivity index (χ2n) is 3.23. The quantitative estimate of drug-likeness (QED) is 0.724. The predicted molar refractivity (Wildman–Crippen MR) is 59.7 cm³/mol. The van der Waals surface area contributed by atoms with E-state index in [0.717, 1.165) is 12.0 Å². The molecule has 2 nitrogen and oxygen atoms in total. The van der Waals surface area contributed by atoms with Crippen molar-refractivity contribution in [2.45, 2.75) is 34.1 Å². The molecule has 0 saturated carbocycles. The van der Waals surface area contributed by atoms with Crippen LogP contribution < -0.4 is 0 Å². The van der Waals surface area contributed by atoms with E-state index in [1.807, 2.05) is 19.1 Å². The molecule has 0 saturated heterocycles. The van der Waals surface area contributed by atoms with Crippen molar-refractivity contribution in [1.29, 1.82) is 0 Å². The van der Waals surface area contributed by atoms with Crippen molar-refractivity contribution < 1.29 is 10.2 Å². The molecule has 0 fully saturated rings. The minimum Gasteiger partial charge on any atom is -0.508 e. The van der Waals surface area contributed by atoms with Crippen LogP contribution in [0.1, 0.15) is 30.5 Å². The molecule has 0 amide bonds. The van der Waals surface area contributed by atoms with Gasteiger partial charge in [0, 0.05) is 6.61 Å². The number of hydrogen-bond acceptors (Lipinski definition) is 2. The maximum atomic E-state index is 9.36. The van der Waals surface area contributed by atoms with Gasteiger partial charge in [-0.05, 0) is 49.9 Å². The van der Waals surface area contributed by atoms with Crippen LogP contribution in [-0.4, -0.2) is 16.8 Å². The number of phenols is 1. The largest absolute Gasteiger partial charge is 0.508 e. The predicted octanol–water partition coefficient (Wildman–Crippen LogP) is 2.57. The number of aliphatic hydroxyl groups is 1. The number of aromatic hydroxyl groups is 1. The van der Waals surface area contributed by atoms with Crippen LogP contribution in [0.3, 0.4) is 0 Å². The van der Waals surface area contributed by atoms with Gasteiger partial charge in [-0.3, -0.25) is 0 Å². The topological polar surface area (TPSA) is 40.5 Å². The normalized spacial score (nSPS) is 9.21. The van der Waals surface area contributed by atoms with Crippen molar-refractivity contribution in [3.63, 3.8) is 0 Å². The second kappa shape index (κ2) is 6.44. The van der Waals surface area contributed by atoms with Gasteiger partial charge in [-0.2, -0.15) is 0 Å². The van der Waals surface area contributed by atoms with Crippen LogP contribution in [0.15, 0.2) is 12.1 Å². The first-order valence-electron chi connectivity index (χ1n) is 4.96. The molecule has 1 aromatic carbocycles. The Balaban J connectivity index is 0.000000500. The standard InChI is InChI=1S/C10H14O.C2H6O/c1-4-9-6-10(11)8(3)5-7(9)2;1-2-3/h5-6,11H,4H2,1-3H3;3H,2H2,1H3. The summed E-state index contributed by atoms with van der Waals surface area (Å²) in [4.78, 5) is 0. The molecule has 1 rings (SSSR count). The van der Waals surface area contributed by atoms with Crippen LogP contribution in [0.5, 0.6) is 5.75 Å². The SMILES string of the molecule is CCO.CCc1cc(O)c(C)cc1C. The number of aliphatic hydroxyl groups excluding tert-OH is 1. The third-order valence-corrected chi connectivity index (χ3v) is 2.04. The molecule has 0 aliphatic heterocycles. The van der Waals surface area contributed by atoms with Crippen molar-refractivity contribution in [3.8, 4) is 5.75 Å². The number of benzene rings is 1. The highest BCUT2D eigenvalue weighted by Crippen LogP contribution is 2.21. The molecule has 80 valence electrons. The van der Waals surface area contributed by atoms with Crippen molar-refractivity contribution in [2.75, 3.05) is 6.61 Å². The van der Waals surface area contributed by atoms with Gasteiger partial charge in [0.25, 0.3) is 0 Å². The molecular weight excluding hydrogens is 176 g/mol. The van der Waals surface area contributed by atoms with E-state index in [-0.39, 0.29) is 6.61 Å². The van der Waals surface area contributed by atoms with E-state index >= 15 is 0 Å². The Bertz CT molecular complexity index is 280. The second-order valence-corrected chi connectivity index (χ2v) is 3.23. The number of aryl methyl sites for hydroxylation is 3. The molecule has 0 heterocycles. The van der Waals surface area contributed by atoms with Gasteiger partial charge in [0.15, 0.2) is 0 Å². The summed E-state index contributed by atoms with van der Waals surface area (Å²) in [5, 5.41) is 16.9. The van der Waals surface area contributed by atoms with Gasteiger partial charge in [-0.15, -0.1) is 0 Å². The van der Waals surface area contributed by atoms with Gasteiger partial charge >= 0.3 is 0 Å². The maximum absolute atomic E-state index is 9.36. The van der Waals surface area contributed by atoms with Crippen LogP contribution in [0, 0.1) is 13.8 Å². The summed E-state index contributed by atoms with van der Waals surface area (Å²) in [7, 11) is 0. The molecule has 1 aromatic rings. The zero-order chi connectivity index (χ0) is 11.1. The Morgan fingerprint density at radius 1 is 1.07 bits per heavy atom. The highest BCUT2D eigenvalue weighted by Gasteiger charge is 2.00. The summed E-state index contributed by atoms with van der Waals surface area (Å²) in [6.07, 6.45) is 0.986. The maximum Gasteiger partial charge on any atom is 0.118 e. The lowest BCUT2D eigenvalue weighted by atomic mass is 10.0. The molecule has 0 bridgehead atoms. The van der Waals surface area contributed by atoms with Gasteiger partial charge in [0.1, 0.15) is 5.75 Å². The Kier molecular flexibility index (Phi) is 5.97. The molecule has 0 radical (unpaired) electrons. The van der Waals surface area contributed by atoms with Gasteiger partial charge in [0.2, 0.25) is 0 Å². The van der Waals surface area contributed by atoms with E-state index in [9.17, 15) is 5.11 Å². The fourth-order valence-electron chi connectivity index (χ4n) is 1.27. The summed E-state index contributed by atoms with van der Waals surface area (Å²) >= 11 is 0. The third-order valence-electron chi connectivity index (χ3n) is 2.04. The Hall–Kier alpha value is -1.02. The van der Waals surface area contributed by atoms with E-state index < -0.39 is 0 Å². The first kappa shape index (κ1) is 13.0. The summed E-state index contributed by atoms with van der Waals surface area (Å²) in [6.45, 7) is 8.02. The summed E-state index contributed by atoms with van der Waals surface area (Å²) in [6, 6.07) is 3.87. The van der Waals surface area contributed by atoms with E-state index in [1.54, 1.807) is 6.92 Å². The van der Waals surface area contributed by atoms with E-state index in [4.69, 9.17) is 5.11 Å². The number of hydrogen-bond donors (Lipinski definition) is 2. The molecular formula is C12H20O2. The van der Waals surface area contributed by atoms with E-state index in [1.165, 1.54) is 11.1 Å². The van der Waals surface area contributed by atoms with Crippen LogP contribution in [0.25, 0.3) is 0 Å². The van der Waals surface area contributed by atoms with Gasteiger partial charge < -0.3 is 10.2 Å². The molecule has 0 unspecified atom stereocenters. The fraction of sp³-hybridized carbons (Fsp3) is 0.500. The van der Waals surface area contributed by atoms with Crippen LogP contribution in [0.2, 0.25) is 0 Å². The average molecular weight is 196 g/mol. The zero-order valence-electron chi connectivity index (χ0n) is 9.46. The van der Waals surface area contributed by atoms with Crippen molar-refractivity contribution in [1.82, 2.24) is 0 Å². The third kappa shape index (κ3) is 3.79. The fourth-order valence-corrected chi connectivity index (χ4v) is 1.27. The Morgan fingerprint density at radius 3 is 2.00 bits per heavy atom. The lowest BCUT2D eigenvalue weighted by Crippen LogP contribution is -1.87. The number of phenolic OH excluding ortho intramolecular Hbond substituents is 1. The van der Waals surface area contributed by atoms with E-state index in [2.05, 4.69) is 13.8 Å². The molecule has 0 aromatic heterocycles. The van der Waals surface area contributed by atoms with Crippen molar-refractivity contribution >= 4 is 0 Å². The highest BCUT2D eigenvalue weighted by atomic mass is 16.3. The molecule has 0 atom stereocenters. The van der Waals surface area contributed by atoms with Crippen molar-refractivity contribution in [2.24, 2.45) is 0 Å². The molecule has 0 spiro atoms. The highest BCUT2D eigenvalue weighted by molar-refractivity contribution is 5.40. The van der Waals surface area contributed by atoms with Crippen LogP contribution in [-0.2, 0) is 6.42 Å². The Morgan fingerprint density at radius 2 is 1.57 bits per heavy atom. The monoisotopic (exact) mass is 196 g/mol. The average Bonchev–Trinajstić information content (AvgIpc) is 2.12. The van der Waals surface area contributed by atoms with Gasteiger partial charge in [-0.1, -0.05) is 13.0 Å². The zero-order valence-corrected chi connectivity index (χ0v) is 9.46. The minimum atomic E-state index is 0.250. The smallest absolute Gasteiger partial charge is 0.118 e. The van der Waals surface area contributed by atoms with Crippen LogP contribution in [0.4, 0.5) is 0 Å². The van der Waals surface area contributed by atoms with Crippen LogP contribution >= 0.6 is 0 Å². The summed E-state index contributed by atoms with van der Waals surface area (Å²) < 4.78 is 0. The molecule has 2 N–H and O–H groups in total. The summed E-state index contributed by atoms with van der Waals surface area (Å²) in [5.41, 5.74) is 3.45. The van der Waals surface area contributed by atoms with Crippen molar-refractivity contribution in [3.05, 3.63) is 28.8 Å². The van der Waals surface area contributed by atoms with Gasteiger partial charge in [0.05, 0.1) is 0 Å². The lowest BCUT2D eigenvalue weighted by Gasteiger charge is -2.05. The molecule has 2 heteroatoms. The first-order chi connectivity index (χ1) is 6.56. The molecule has 0 aliphatic rings.